The smallest absolute Gasteiger partial charge is 0.306 e. The van der Waals surface area contributed by atoms with Crippen molar-refractivity contribution in [2.45, 2.75) is 57.7 Å². The second kappa shape index (κ2) is 12.4. The molecule has 3 heterocycles. The number of methoxy groups -OCH3 is 2. The predicted molar refractivity (Wildman–Crippen MR) is 150 cm³/mol. The molecule has 1 saturated heterocycles. The normalized spacial score (nSPS) is 19.6. The van der Waals surface area contributed by atoms with E-state index in [1.54, 1.807) is 20.1 Å². The molecule has 3 atom stereocenters. The maximum absolute atomic E-state index is 15.1. The summed E-state index contributed by atoms with van der Waals surface area (Å²) < 4.78 is 32.3. The lowest BCUT2D eigenvalue weighted by Crippen LogP contribution is -2.32. The van der Waals surface area contributed by atoms with Crippen molar-refractivity contribution in [3.05, 3.63) is 76.7 Å². The molecule has 1 fully saturated rings. The summed E-state index contributed by atoms with van der Waals surface area (Å²) in [4.78, 5) is 17.8. The molecule has 0 spiro atoms. The number of rotatable bonds is 10. The van der Waals surface area contributed by atoms with Gasteiger partial charge >= 0.3 is 5.97 Å². The van der Waals surface area contributed by atoms with Gasteiger partial charge in [0.15, 0.2) is 0 Å². The van der Waals surface area contributed by atoms with E-state index in [2.05, 4.69) is 16.0 Å². The third-order valence-corrected chi connectivity index (χ3v) is 8.10. The molecule has 0 aliphatic carbocycles. The van der Waals surface area contributed by atoms with E-state index < -0.39 is 17.7 Å². The topological polar surface area (TPSA) is 81.1 Å². The Hall–Kier alpha value is -3.49. The summed E-state index contributed by atoms with van der Waals surface area (Å²) in [5.74, 6) is -0.493. The first-order valence-corrected chi connectivity index (χ1v) is 13.9. The number of aromatic nitrogens is 1. The van der Waals surface area contributed by atoms with Crippen LogP contribution in [0.4, 0.5) is 4.39 Å². The third kappa shape index (κ3) is 6.13. The van der Waals surface area contributed by atoms with Gasteiger partial charge in [0, 0.05) is 31.3 Å². The number of pyridine rings is 1. The van der Waals surface area contributed by atoms with Crippen molar-refractivity contribution in [2.75, 3.05) is 27.4 Å². The quantitative estimate of drug-likeness (QED) is 0.341. The van der Waals surface area contributed by atoms with Gasteiger partial charge in [0.1, 0.15) is 17.7 Å². The number of hydrogen-bond donors (Lipinski definition) is 1. The minimum absolute atomic E-state index is 0.155. The van der Waals surface area contributed by atoms with Crippen LogP contribution >= 0.6 is 0 Å². The molecule has 0 radical (unpaired) electrons. The van der Waals surface area contributed by atoms with Crippen LogP contribution < -0.4 is 9.47 Å². The Bertz CT molecular complexity index is 1360. The van der Waals surface area contributed by atoms with E-state index in [0.717, 1.165) is 65.8 Å². The number of nitrogens with zero attached hydrogens (tertiary/aromatic N) is 2. The van der Waals surface area contributed by atoms with Gasteiger partial charge in [-0.3, -0.25) is 9.69 Å². The average Bonchev–Trinajstić information content (AvgIpc) is 3.39. The summed E-state index contributed by atoms with van der Waals surface area (Å²) in [5, 5.41) is 9.32. The fourth-order valence-electron chi connectivity index (χ4n) is 5.86. The largest absolute Gasteiger partial charge is 0.485 e. The number of fused-ring (bicyclic) bond motifs is 1. The molecular formula is C32H37FN2O5. The Labute approximate surface area is 234 Å². The van der Waals surface area contributed by atoms with Crippen LogP contribution in [0.3, 0.4) is 0 Å². The Morgan fingerprint density at radius 1 is 1.18 bits per heavy atom. The van der Waals surface area contributed by atoms with E-state index in [4.69, 9.17) is 14.2 Å². The van der Waals surface area contributed by atoms with Crippen molar-refractivity contribution >= 4 is 5.97 Å². The van der Waals surface area contributed by atoms with Crippen LogP contribution in [0.5, 0.6) is 11.6 Å². The van der Waals surface area contributed by atoms with Gasteiger partial charge in [0.05, 0.1) is 25.8 Å². The van der Waals surface area contributed by atoms with Crippen molar-refractivity contribution in [3.8, 4) is 22.8 Å². The fraction of sp³-hybridized carbons (Fsp3) is 0.438. The van der Waals surface area contributed by atoms with Crippen LogP contribution in [0, 0.1) is 11.7 Å². The van der Waals surface area contributed by atoms with Crippen molar-refractivity contribution in [2.24, 2.45) is 5.92 Å². The van der Waals surface area contributed by atoms with Gasteiger partial charge in [0.25, 0.3) is 0 Å². The molecule has 5 rings (SSSR count). The zero-order valence-corrected chi connectivity index (χ0v) is 23.4. The number of aryl methyl sites for hydroxylation is 1. The van der Waals surface area contributed by atoms with Crippen LogP contribution in [-0.4, -0.2) is 54.4 Å². The minimum Gasteiger partial charge on any atom is -0.485 e. The first kappa shape index (κ1) is 28.1. The highest BCUT2D eigenvalue weighted by Crippen LogP contribution is 2.38. The second-order valence-electron chi connectivity index (χ2n) is 10.9. The van der Waals surface area contributed by atoms with Crippen molar-refractivity contribution < 1.29 is 28.5 Å². The highest BCUT2D eigenvalue weighted by molar-refractivity contribution is 5.70. The Balaban J connectivity index is 1.47. The monoisotopic (exact) mass is 548 g/mol. The number of carboxylic acid groups (broad SMARTS) is 1. The van der Waals surface area contributed by atoms with Gasteiger partial charge < -0.3 is 19.3 Å². The molecule has 0 saturated carbocycles. The molecule has 0 unspecified atom stereocenters. The number of carbonyl (C=O) groups is 1. The van der Waals surface area contributed by atoms with Gasteiger partial charge in [-0.1, -0.05) is 37.3 Å². The number of aliphatic carboxylic acids is 1. The number of ether oxygens (including phenoxy) is 3. The molecule has 0 amide bonds. The molecule has 212 valence electrons. The molecule has 8 heteroatoms. The van der Waals surface area contributed by atoms with Crippen LogP contribution in [0.25, 0.3) is 11.1 Å². The summed E-state index contributed by atoms with van der Waals surface area (Å²) >= 11 is 0. The molecular weight excluding hydrogens is 511 g/mol. The van der Waals surface area contributed by atoms with Gasteiger partial charge in [0.2, 0.25) is 5.88 Å². The fourth-order valence-corrected chi connectivity index (χ4v) is 5.86. The molecule has 2 aliphatic heterocycles. The summed E-state index contributed by atoms with van der Waals surface area (Å²) in [7, 11) is 3.26. The van der Waals surface area contributed by atoms with Crippen LogP contribution in [-0.2, 0) is 28.9 Å². The SMILES string of the molecule is COC[C@H]1CCCN1Cc1cc([C@@H]2CCc3ccc(C[C@H](C)C(=O)O)cc3O2)ccc1-c1cc(OC)ncc1F. The van der Waals surface area contributed by atoms with E-state index in [1.165, 1.54) is 13.3 Å². The summed E-state index contributed by atoms with van der Waals surface area (Å²) in [6.45, 7) is 4.01. The number of halogens is 1. The molecule has 0 bridgehead atoms. The van der Waals surface area contributed by atoms with Crippen LogP contribution in [0.15, 0.2) is 48.7 Å². The number of hydrogen-bond acceptors (Lipinski definition) is 6. The standard InChI is InChI=1S/C32H37FN2O5/c1-20(32(36)37)13-21-6-7-22-9-11-29(40-30(22)14-21)23-8-10-26(27-16-31(39-3)34-17-28(27)33)24(15-23)18-35-12-4-5-25(35)19-38-2/h6-8,10,14-17,20,25,29H,4-5,9,11-13,18-19H2,1-3H3,(H,36,37)/t20-,25+,29-/m0/s1. The van der Waals surface area contributed by atoms with E-state index in [9.17, 15) is 9.90 Å². The van der Waals surface area contributed by atoms with Gasteiger partial charge in [-0.15, -0.1) is 0 Å². The van der Waals surface area contributed by atoms with Crippen LogP contribution in [0.2, 0.25) is 0 Å². The highest BCUT2D eigenvalue weighted by Gasteiger charge is 2.28. The van der Waals surface area contributed by atoms with Crippen molar-refractivity contribution in [1.82, 2.24) is 9.88 Å². The lowest BCUT2D eigenvalue weighted by atomic mass is 9.91. The zero-order valence-electron chi connectivity index (χ0n) is 23.4. The average molecular weight is 549 g/mol. The molecule has 7 nitrogen and oxygen atoms in total. The highest BCUT2D eigenvalue weighted by atomic mass is 19.1. The lowest BCUT2D eigenvalue weighted by molar-refractivity contribution is -0.141. The van der Waals surface area contributed by atoms with E-state index >= 15 is 4.39 Å². The first-order chi connectivity index (χ1) is 19.4. The molecule has 40 heavy (non-hydrogen) atoms. The number of likely N-dealkylation sites (tertiary alicyclic amines) is 1. The minimum atomic E-state index is -0.807. The van der Waals surface area contributed by atoms with Crippen LogP contribution in [0.1, 0.15) is 54.5 Å². The Morgan fingerprint density at radius 2 is 2.02 bits per heavy atom. The van der Waals surface area contributed by atoms with E-state index in [-0.39, 0.29) is 6.10 Å². The zero-order chi connectivity index (χ0) is 28.2. The van der Waals surface area contributed by atoms with Gasteiger partial charge in [-0.05, 0) is 72.5 Å². The summed E-state index contributed by atoms with van der Waals surface area (Å²) in [5.41, 5.74) is 5.41. The van der Waals surface area contributed by atoms with Gasteiger partial charge in [-0.2, -0.15) is 0 Å². The molecule has 2 aliphatic rings. The molecule has 3 aromatic rings. The lowest BCUT2D eigenvalue weighted by Gasteiger charge is -2.29. The van der Waals surface area contributed by atoms with E-state index in [0.29, 0.717) is 37.1 Å². The predicted octanol–water partition coefficient (Wildman–Crippen LogP) is 5.84. The maximum Gasteiger partial charge on any atom is 0.306 e. The van der Waals surface area contributed by atoms with Crippen molar-refractivity contribution in [1.29, 1.82) is 0 Å². The summed E-state index contributed by atoms with van der Waals surface area (Å²) in [6.07, 6.45) is 5.37. The summed E-state index contributed by atoms with van der Waals surface area (Å²) in [6, 6.07) is 14.2. The second-order valence-corrected chi connectivity index (χ2v) is 10.9. The Kier molecular flexibility index (Phi) is 8.66. The van der Waals surface area contributed by atoms with Gasteiger partial charge in [-0.25, -0.2) is 9.37 Å². The molecule has 2 aromatic carbocycles. The number of carboxylic acids is 1. The van der Waals surface area contributed by atoms with E-state index in [1.807, 2.05) is 30.3 Å². The number of benzene rings is 2. The third-order valence-electron chi connectivity index (χ3n) is 8.10. The first-order valence-electron chi connectivity index (χ1n) is 13.9. The molecule has 1 N–H and O–H groups in total. The Morgan fingerprint density at radius 3 is 2.80 bits per heavy atom. The van der Waals surface area contributed by atoms with Crippen molar-refractivity contribution in [3.63, 3.8) is 0 Å². The molecule has 1 aromatic heterocycles. The maximum atomic E-state index is 15.1.